The maximum Gasteiger partial charge on any atom is 0.190 e. The van der Waals surface area contributed by atoms with Crippen molar-refractivity contribution in [3.63, 3.8) is 0 Å². The van der Waals surface area contributed by atoms with Crippen molar-refractivity contribution in [2.24, 2.45) is 12.0 Å². The molecule has 0 fully saturated rings. The van der Waals surface area contributed by atoms with Gasteiger partial charge in [-0.05, 0) is 49.8 Å². The number of aliphatic imine (C=N–C) groups is 1. The predicted octanol–water partition coefficient (Wildman–Crippen LogP) is 2.79. The smallest absolute Gasteiger partial charge is 0.190 e. The van der Waals surface area contributed by atoms with Crippen molar-refractivity contribution in [2.45, 2.75) is 33.2 Å². The molecule has 2 heterocycles. The molecule has 6 heteroatoms. The van der Waals surface area contributed by atoms with Gasteiger partial charge in [-0.15, -0.1) is 0 Å². The molecule has 0 aliphatic rings. The summed E-state index contributed by atoms with van der Waals surface area (Å²) in [6, 6.07) is 10.7. The van der Waals surface area contributed by atoms with E-state index in [1.807, 2.05) is 18.8 Å². The highest BCUT2D eigenvalue weighted by atomic mass is 15.3. The first-order valence-electron chi connectivity index (χ1n) is 9.57. The number of aryl methyl sites for hydroxylation is 3. The molecule has 0 amide bonds. The largest absolute Gasteiger partial charge is 0.356 e. The normalized spacial score (nSPS) is 11.9. The first-order chi connectivity index (χ1) is 13.1. The maximum absolute atomic E-state index is 4.48. The molecule has 0 saturated heterocycles. The van der Waals surface area contributed by atoms with E-state index in [1.54, 1.807) is 0 Å². The molecule has 0 aliphatic carbocycles. The van der Waals surface area contributed by atoms with Crippen LogP contribution in [-0.2, 0) is 20.0 Å². The topological polar surface area (TPSA) is 59.2 Å². The number of nitrogens with zero attached hydrogens (tertiary/aromatic N) is 4. The van der Waals surface area contributed by atoms with E-state index in [0.717, 1.165) is 44.1 Å². The molecule has 27 heavy (non-hydrogen) atoms. The molecule has 0 aliphatic heterocycles. The highest BCUT2D eigenvalue weighted by Gasteiger charge is 2.09. The first kappa shape index (κ1) is 19.0. The molecule has 3 aromatic rings. The number of hydrogen-bond acceptors (Lipinski definition) is 2. The van der Waals surface area contributed by atoms with Gasteiger partial charge in [-0.25, -0.2) is 0 Å². The zero-order valence-corrected chi connectivity index (χ0v) is 16.8. The lowest BCUT2D eigenvalue weighted by Crippen LogP contribution is -2.39. The molecule has 0 saturated carbocycles. The van der Waals surface area contributed by atoms with Crippen LogP contribution in [0, 0.1) is 13.8 Å². The van der Waals surface area contributed by atoms with Crippen molar-refractivity contribution in [2.75, 3.05) is 20.1 Å². The van der Waals surface area contributed by atoms with Crippen LogP contribution in [0.15, 0.2) is 41.5 Å². The minimum absolute atomic E-state index is 0.843. The molecular formula is C21H30N6. The van der Waals surface area contributed by atoms with E-state index in [4.69, 9.17) is 0 Å². The lowest BCUT2D eigenvalue weighted by atomic mass is 10.1. The van der Waals surface area contributed by atoms with Gasteiger partial charge in [0.2, 0.25) is 0 Å². The van der Waals surface area contributed by atoms with Gasteiger partial charge in [-0.2, -0.15) is 5.10 Å². The lowest BCUT2D eigenvalue weighted by Gasteiger charge is -2.12. The van der Waals surface area contributed by atoms with Gasteiger partial charge in [0.05, 0.1) is 5.69 Å². The number of aromatic nitrogens is 3. The van der Waals surface area contributed by atoms with Crippen molar-refractivity contribution in [1.82, 2.24) is 25.0 Å². The van der Waals surface area contributed by atoms with Crippen LogP contribution in [0.1, 0.15) is 23.4 Å². The number of rotatable bonds is 7. The average molecular weight is 367 g/mol. The van der Waals surface area contributed by atoms with Crippen LogP contribution in [0.25, 0.3) is 10.9 Å². The number of nitrogens with one attached hydrogen (secondary N) is 2. The fraction of sp³-hybridized carbons (Fsp3) is 0.429. The summed E-state index contributed by atoms with van der Waals surface area (Å²) in [5.41, 5.74) is 4.96. The molecule has 0 bridgehead atoms. The number of para-hydroxylation sites is 1. The third-order valence-electron chi connectivity index (χ3n) is 5.10. The van der Waals surface area contributed by atoms with Crippen LogP contribution in [0.2, 0.25) is 0 Å². The second-order valence-corrected chi connectivity index (χ2v) is 6.87. The lowest BCUT2D eigenvalue weighted by molar-refractivity contribution is 0.640. The van der Waals surface area contributed by atoms with E-state index < -0.39 is 0 Å². The molecular weight excluding hydrogens is 336 g/mol. The molecule has 0 unspecified atom stereocenters. The molecule has 0 spiro atoms. The molecule has 1 aromatic carbocycles. The summed E-state index contributed by atoms with van der Waals surface area (Å²) in [5.74, 6) is 0.853. The first-order valence-corrected chi connectivity index (χ1v) is 9.57. The summed E-state index contributed by atoms with van der Waals surface area (Å²) in [6.07, 6.45) is 4.15. The van der Waals surface area contributed by atoms with Gasteiger partial charge in [0.25, 0.3) is 0 Å². The van der Waals surface area contributed by atoms with E-state index in [9.17, 15) is 0 Å². The quantitative estimate of drug-likeness (QED) is 0.384. The van der Waals surface area contributed by atoms with E-state index in [1.165, 1.54) is 22.2 Å². The van der Waals surface area contributed by atoms with Crippen LogP contribution in [-0.4, -0.2) is 40.4 Å². The molecule has 0 radical (unpaired) electrons. The Morgan fingerprint density at radius 1 is 1.11 bits per heavy atom. The van der Waals surface area contributed by atoms with E-state index in [-0.39, 0.29) is 0 Å². The standard InChI is InChI=1S/C21H30N6/c1-16-19(17(2)26(4)25-16)10-13-24-21(22-3)23-12-7-14-27-15-11-18-8-5-6-9-20(18)27/h5-6,8-9,11,15H,7,10,12-14H2,1-4H3,(H2,22,23,24). The van der Waals surface area contributed by atoms with E-state index in [2.05, 4.69) is 75.7 Å². The highest BCUT2D eigenvalue weighted by molar-refractivity contribution is 5.80. The van der Waals surface area contributed by atoms with Gasteiger partial charge in [0, 0.05) is 51.1 Å². The second-order valence-electron chi connectivity index (χ2n) is 6.87. The van der Waals surface area contributed by atoms with Crippen LogP contribution in [0.3, 0.4) is 0 Å². The summed E-state index contributed by atoms with van der Waals surface area (Å²) in [6.45, 7) is 6.91. The van der Waals surface area contributed by atoms with Crippen LogP contribution in [0.5, 0.6) is 0 Å². The van der Waals surface area contributed by atoms with Crippen LogP contribution >= 0.6 is 0 Å². The Morgan fingerprint density at radius 3 is 2.63 bits per heavy atom. The minimum Gasteiger partial charge on any atom is -0.356 e. The Morgan fingerprint density at radius 2 is 1.89 bits per heavy atom. The molecule has 2 N–H and O–H groups in total. The molecule has 2 aromatic heterocycles. The fourth-order valence-electron chi connectivity index (χ4n) is 3.50. The summed E-state index contributed by atoms with van der Waals surface area (Å²) in [7, 11) is 3.81. The Kier molecular flexibility index (Phi) is 6.16. The molecule has 0 atom stereocenters. The maximum atomic E-state index is 4.48. The fourth-order valence-corrected chi connectivity index (χ4v) is 3.50. The summed E-state index contributed by atoms with van der Waals surface area (Å²) >= 11 is 0. The molecule has 144 valence electrons. The summed E-state index contributed by atoms with van der Waals surface area (Å²) in [4.78, 5) is 4.32. The van der Waals surface area contributed by atoms with E-state index >= 15 is 0 Å². The van der Waals surface area contributed by atoms with Crippen molar-refractivity contribution in [3.05, 3.63) is 53.5 Å². The van der Waals surface area contributed by atoms with Crippen LogP contribution in [0.4, 0.5) is 0 Å². The molecule has 3 rings (SSSR count). The van der Waals surface area contributed by atoms with Gasteiger partial charge in [-0.1, -0.05) is 18.2 Å². The van der Waals surface area contributed by atoms with Crippen molar-refractivity contribution >= 4 is 16.9 Å². The van der Waals surface area contributed by atoms with Crippen molar-refractivity contribution in [3.8, 4) is 0 Å². The van der Waals surface area contributed by atoms with Crippen LogP contribution < -0.4 is 10.6 Å². The van der Waals surface area contributed by atoms with Gasteiger partial charge in [0.1, 0.15) is 0 Å². The van der Waals surface area contributed by atoms with Gasteiger partial charge >= 0.3 is 0 Å². The summed E-state index contributed by atoms with van der Waals surface area (Å²) in [5, 5.41) is 12.6. The van der Waals surface area contributed by atoms with Crippen molar-refractivity contribution < 1.29 is 0 Å². The third kappa shape index (κ3) is 4.51. The number of fused-ring (bicyclic) bond motifs is 1. The third-order valence-corrected chi connectivity index (χ3v) is 5.10. The zero-order valence-electron chi connectivity index (χ0n) is 16.8. The Bertz CT molecular complexity index is 918. The number of guanidine groups is 1. The zero-order chi connectivity index (χ0) is 19.2. The summed E-state index contributed by atoms with van der Waals surface area (Å²) < 4.78 is 4.25. The van der Waals surface area contributed by atoms with E-state index in [0.29, 0.717) is 0 Å². The monoisotopic (exact) mass is 366 g/mol. The van der Waals surface area contributed by atoms with Gasteiger partial charge < -0.3 is 15.2 Å². The van der Waals surface area contributed by atoms with Crippen molar-refractivity contribution in [1.29, 1.82) is 0 Å². The SMILES string of the molecule is CN=C(NCCCn1ccc2ccccc21)NCCc1c(C)nn(C)c1C. The number of hydrogen-bond donors (Lipinski definition) is 2. The predicted molar refractivity (Wildman–Crippen MR) is 112 cm³/mol. The minimum atomic E-state index is 0.843. The highest BCUT2D eigenvalue weighted by Crippen LogP contribution is 2.15. The Hall–Kier alpha value is -2.76. The number of benzene rings is 1. The second kappa shape index (κ2) is 8.75. The van der Waals surface area contributed by atoms with Gasteiger partial charge in [-0.3, -0.25) is 9.67 Å². The van der Waals surface area contributed by atoms with Gasteiger partial charge in [0.15, 0.2) is 5.96 Å². The Labute approximate surface area is 161 Å². The Balaban J connectivity index is 1.41. The average Bonchev–Trinajstić information content (AvgIpc) is 3.19. The molecule has 6 nitrogen and oxygen atoms in total.